The lowest BCUT2D eigenvalue weighted by atomic mass is 10.1. The first kappa shape index (κ1) is 13.0. The maximum Gasteiger partial charge on any atom is 0.292 e. The van der Waals surface area contributed by atoms with Crippen LogP contribution in [0.2, 0.25) is 0 Å². The van der Waals surface area contributed by atoms with E-state index in [0.29, 0.717) is 12.1 Å². The molecule has 90 valence electrons. The summed E-state index contributed by atoms with van der Waals surface area (Å²) >= 11 is 0. The Hall–Kier alpha value is -2.09. The van der Waals surface area contributed by atoms with Gasteiger partial charge in [0.25, 0.3) is 5.69 Å². The summed E-state index contributed by atoms with van der Waals surface area (Å²) in [6, 6.07) is 7.11. The molecule has 0 N–H and O–H groups in total. The summed E-state index contributed by atoms with van der Waals surface area (Å²) in [5.74, 6) is 0. The van der Waals surface area contributed by atoms with Crippen LogP contribution >= 0.6 is 0 Å². The minimum atomic E-state index is -0.391. The molecule has 0 aromatic heterocycles. The summed E-state index contributed by atoms with van der Waals surface area (Å²) in [6.07, 6.45) is 0.335. The SMILES string of the molecule is Cc1ccc(N(C)C(C)CC#N)c([N+](=O)[O-])c1. The van der Waals surface area contributed by atoms with E-state index < -0.39 is 4.92 Å². The van der Waals surface area contributed by atoms with Crippen molar-refractivity contribution < 1.29 is 4.92 Å². The molecule has 0 radical (unpaired) electrons. The van der Waals surface area contributed by atoms with Crippen molar-refractivity contribution >= 4 is 11.4 Å². The second-order valence-electron chi connectivity index (χ2n) is 4.07. The van der Waals surface area contributed by atoms with Crippen LogP contribution in [0.5, 0.6) is 0 Å². The molecule has 1 rings (SSSR count). The van der Waals surface area contributed by atoms with Crippen LogP contribution in [0.4, 0.5) is 11.4 Å². The number of hydrogen-bond donors (Lipinski definition) is 0. The van der Waals surface area contributed by atoms with Crippen molar-refractivity contribution in [3.05, 3.63) is 33.9 Å². The molecule has 1 aromatic rings. The molecule has 1 unspecified atom stereocenters. The van der Waals surface area contributed by atoms with Gasteiger partial charge in [0.05, 0.1) is 17.4 Å². The molecule has 17 heavy (non-hydrogen) atoms. The molecular weight excluding hydrogens is 218 g/mol. The monoisotopic (exact) mass is 233 g/mol. The minimum absolute atomic E-state index is 0.0543. The first-order valence-corrected chi connectivity index (χ1v) is 5.32. The molecule has 0 aliphatic rings. The van der Waals surface area contributed by atoms with Crippen molar-refractivity contribution in [1.82, 2.24) is 0 Å². The summed E-state index contributed by atoms with van der Waals surface area (Å²) in [4.78, 5) is 12.3. The van der Waals surface area contributed by atoms with E-state index in [2.05, 4.69) is 6.07 Å². The first-order valence-electron chi connectivity index (χ1n) is 5.32. The highest BCUT2D eigenvalue weighted by Crippen LogP contribution is 2.29. The van der Waals surface area contributed by atoms with Crippen LogP contribution in [-0.2, 0) is 0 Å². The van der Waals surface area contributed by atoms with Gasteiger partial charge in [0.15, 0.2) is 0 Å². The summed E-state index contributed by atoms with van der Waals surface area (Å²) in [5, 5.41) is 19.6. The molecule has 5 nitrogen and oxygen atoms in total. The summed E-state index contributed by atoms with van der Waals surface area (Å²) in [6.45, 7) is 3.68. The number of nitrogens with zero attached hydrogens (tertiary/aromatic N) is 3. The fraction of sp³-hybridized carbons (Fsp3) is 0.417. The quantitative estimate of drug-likeness (QED) is 0.592. The van der Waals surface area contributed by atoms with Gasteiger partial charge in [-0.05, 0) is 25.5 Å². The molecule has 0 aliphatic carbocycles. The van der Waals surface area contributed by atoms with Gasteiger partial charge in [-0.3, -0.25) is 10.1 Å². The van der Waals surface area contributed by atoms with Crippen molar-refractivity contribution in [2.75, 3.05) is 11.9 Å². The van der Waals surface area contributed by atoms with Gasteiger partial charge in [0, 0.05) is 19.2 Å². The van der Waals surface area contributed by atoms with Crippen LogP contribution < -0.4 is 4.90 Å². The molecule has 0 amide bonds. The zero-order valence-electron chi connectivity index (χ0n) is 10.2. The van der Waals surface area contributed by atoms with Crippen LogP contribution in [0.15, 0.2) is 18.2 Å². The van der Waals surface area contributed by atoms with Gasteiger partial charge in [-0.1, -0.05) is 6.07 Å². The Kier molecular flexibility index (Phi) is 4.05. The van der Waals surface area contributed by atoms with E-state index in [0.717, 1.165) is 5.56 Å². The third-order valence-corrected chi connectivity index (χ3v) is 2.76. The Morgan fingerprint density at radius 2 is 2.24 bits per heavy atom. The van der Waals surface area contributed by atoms with E-state index in [4.69, 9.17) is 5.26 Å². The van der Waals surface area contributed by atoms with Crippen LogP contribution in [0.25, 0.3) is 0 Å². The van der Waals surface area contributed by atoms with Gasteiger partial charge in [-0.15, -0.1) is 0 Å². The van der Waals surface area contributed by atoms with Gasteiger partial charge in [-0.2, -0.15) is 5.26 Å². The van der Waals surface area contributed by atoms with Crippen molar-refractivity contribution in [3.8, 4) is 6.07 Å². The average Bonchev–Trinajstić information content (AvgIpc) is 2.28. The highest BCUT2D eigenvalue weighted by Gasteiger charge is 2.20. The van der Waals surface area contributed by atoms with Crippen LogP contribution in [0.1, 0.15) is 18.9 Å². The Bertz CT molecular complexity index is 465. The second kappa shape index (κ2) is 5.30. The highest BCUT2D eigenvalue weighted by atomic mass is 16.6. The lowest BCUT2D eigenvalue weighted by Gasteiger charge is -2.24. The topological polar surface area (TPSA) is 70.2 Å². The number of rotatable bonds is 4. The molecule has 0 saturated heterocycles. The molecule has 0 fully saturated rings. The third kappa shape index (κ3) is 2.94. The predicted molar refractivity (Wildman–Crippen MR) is 65.9 cm³/mol. The lowest BCUT2D eigenvalue weighted by molar-refractivity contribution is -0.384. The van der Waals surface area contributed by atoms with E-state index in [1.165, 1.54) is 0 Å². The van der Waals surface area contributed by atoms with Crippen molar-refractivity contribution in [2.45, 2.75) is 26.3 Å². The van der Waals surface area contributed by atoms with Gasteiger partial charge >= 0.3 is 0 Å². The number of nitriles is 1. The number of hydrogen-bond acceptors (Lipinski definition) is 4. The summed E-state index contributed by atoms with van der Waals surface area (Å²) < 4.78 is 0. The van der Waals surface area contributed by atoms with Crippen LogP contribution in [0, 0.1) is 28.4 Å². The van der Waals surface area contributed by atoms with Crippen molar-refractivity contribution in [3.63, 3.8) is 0 Å². The zero-order valence-corrected chi connectivity index (χ0v) is 10.2. The van der Waals surface area contributed by atoms with Gasteiger partial charge in [-0.25, -0.2) is 0 Å². The fourth-order valence-electron chi connectivity index (χ4n) is 1.58. The maximum atomic E-state index is 11.0. The third-order valence-electron chi connectivity index (χ3n) is 2.76. The van der Waals surface area contributed by atoms with Gasteiger partial charge < -0.3 is 4.90 Å². The number of nitro groups is 1. The Morgan fingerprint density at radius 1 is 1.59 bits per heavy atom. The fourth-order valence-corrected chi connectivity index (χ4v) is 1.58. The Labute approximate surface area is 100 Å². The molecule has 1 atom stereocenters. The molecule has 0 aliphatic heterocycles. The number of anilines is 1. The van der Waals surface area contributed by atoms with E-state index in [-0.39, 0.29) is 11.7 Å². The molecular formula is C12H15N3O2. The molecule has 0 bridgehead atoms. The second-order valence-corrected chi connectivity index (χ2v) is 4.07. The zero-order chi connectivity index (χ0) is 13.0. The van der Waals surface area contributed by atoms with Gasteiger partial charge in [0.1, 0.15) is 5.69 Å². The largest absolute Gasteiger partial charge is 0.365 e. The molecule has 1 aromatic carbocycles. The van der Waals surface area contributed by atoms with Crippen LogP contribution in [-0.4, -0.2) is 18.0 Å². The Morgan fingerprint density at radius 3 is 2.76 bits per heavy atom. The average molecular weight is 233 g/mol. The number of nitro benzene ring substituents is 1. The number of aryl methyl sites for hydroxylation is 1. The lowest BCUT2D eigenvalue weighted by Crippen LogP contribution is -2.28. The summed E-state index contributed by atoms with van der Waals surface area (Å²) in [5.41, 5.74) is 1.47. The van der Waals surface area contributed by atoms with Crippen LogP contribution in [0.3, 0.4) is 0 Å². The standard InChI is InChI=1S/C12H15N3O2/c1-9-4-5-11(12(8-9)15(16)17)14(3)10(2)6-7-13/h4-5,8,10H,6H2,1-3H3. The molecule has 0 saturated carbocycles. The smallest absolute Gasteiger partial charge is 0.292 e. The van der Waals surface area contributed by atoms with E-state index in [1.807, 2.05) is 19.9 Å². The maximum absolute atomic E-state index is 11.0. The van der Waals surface area contributed by atoms with Crippen molar-refractivity contribution in [2.24, 2.45) is 0 Å². The number of benzene rings is 1. The first-order chi connectivity index (χ1) is 7.97. The summed E-state index contributed by atoms with van der Waals surface area (Å²) in [7, 11) is 1.76. The van der Waals surface area contributed by atoms with E-state index in [9.17, 15) is 10.1 Å². The van der Waals surface area contributed by atoms with E-state index in [1.54, 1.807) is 24.1 Å². The Balaban J connectivity index is 3.13. The van der Waals surface area contributed by atoms with E-state index >= 15 is 0 Å². The van der Waals surface area contributed by atoms with Crippen molar-refractivity contribution in [1.29, 1.82) is 5.26 Å². The highest BCUT2D eigenvalue weighted by molar-refractivity contribution is 5.64. The van der Waals surface area contributed by atoms with Gasteiger partial charge in [0.2, 0.25) is 0 Å². The molecule has 0 spiro atoms. The minimum Gasteiger partial charge on any atom is -0.365 e. The molecule has 0 heterocycles. The normalized spacial score (nSPS) is 11.6. The predicted octanol–water partition coefficient (Wildman–Crippen LogP) is 2.64. The molecule has 5 heteroatoms.